The topological polar surface area (TPSA) is 51.8 Å². The minimum atomic E-state index is 0.112. The smallest absolute Gasteiger partial charge is 0.163 e. The highest BCUT2D eigenvalue weighted by Gasteiger charge is 2.18. The zero-order valence-corrected chi connectivity index (χ0v) is 24.4. The van der Waals surface area contributed by atoms with Crippen molar-refractivity contribution in [3.05, 3.63) is 151 Å². The Labute approximate surface area is 260 Å². The van der Waals surface area contributed by atoms with Gasteiger partial charge in [-0.05, 0) is 75.5 Å². The summed E-state index contributed by atoms with van der Waals surface area (Å²) in [5.41, 5.74) is 5.97. The third kappa shape index (κ3) is 4.59. The summed E-state index contributed by atoms with van der Waals surface area (Å²) in [6, 6.07) is 42.6. The van der Waals surface area contributed by atoms with Gasteiger partial charge in [0.15, 0.2) is 11.6 Å². The second-order valence-electron chi connectivity index (χ2n) is 11.6. The standard InChI is InChI=1S/C41H27N3O/c1-3-10-27(11-4-1)39-42-40(28-12-5-2-6-13-28)44-41(43-39)33-19-20-35-36-23-34-22-31(17-18-32(34)24-38(36)45-37(35)25-33)30-16-15-26-9-7-8-14-29(26)21-30/h1-12,14-25,28H,13H2. The molecule has 4 nitrogen and oxygen atoms in total. The quantitative estimate of drug-likeness (QED) is 0.209. The van der Waals surface area contributed by atoms with Crippen LogP contribution in [0, 0.1) is 0 Å². The SMILES string of the molecule is C1=CCC(c2nc(-c3ccccc3)nc(-c3ccc4c(c3)oc3cc5ccc(-c6ccc7ccccc7c6)cc5cc34)n2)C=C1. The summed E-state index contributed by atoms with van der Waals surface area (Å²) >= 11 is 0. The molecule has 1 aliphatic carbocycles. The average molecular weight is 578 g/mol. The van der Waals surface area contributed by atoms with Gasteiger partial charge in [-0.3, -0.25) is 0 Å². The molecule has 212 valence electrons. The second kappa shape index (κ2) is 10.4. The van der Waals surface area contributed by atoms with E-state index in [1.54, 1.807) is 0 Å². The zero-order valence-electron chi connectivity index (χ0n) is 24.4. The maximum Gasteiger partial charge on any atom is 0.163 e. The number of aromatic nitrogens is 3. The number of allylic oxidation sites excluding steroid dienone is 4. The van der Waals surface area contributed by atoms with E-state index in [0.29, 0.717) is 11.6 Å². The van der Waals surface area contributed by atoms with Gasteiger partial charge in [0.25, 0.3) is 0 Å². The summed E-state index contributed by atoms with van der Waals surface area (Å²) in [5.74, 6) is 2.21. The Morgan fingerprint density at radius 2 is 1.18 bits per heavy atom. The van der Waals surface area contributed by atoms with Crippen molar-refractivity contribution >= 4 is 43.5 Å². The molecule has 0 bridgehead atoms. The van der Waals surface area contributed by atoms with Gasteiger partial charge in [0.1, 0.15) is 17.0 Å². The Hall–Kier alpha value is -5.87. The molecular weight excluding hydrogens is 550 g/mol. The van der Waals surface area contributed by atoms with E-state index in [9.17, 15) is 0 Å². The summed E-state index contributed by atoms with van der Waals surface area (Å²) in [7, 11) is 0. The largest absolute Gasteiger partial charge is 0.456 e. The first kappa shape index (κ1) is 25.6. The molecule has 0 fully saturated rings. The van der Waals surface area contributed by atoms with Crippen molar-refractivity contribution in [3.8, 4) is 33.9 Å². The van der Waals surface area contributed by atoms with Crippen molar-refractivity contribution in [3.63, 3.8) is 0 Å². The summed E-state index contributed by atoms with van der Waals surface area (Å²) in [6.45, 7) is 0. The Bertz CT molecular complexity index is 2470. The molecule has 0 N–H and O–H groups in total. The summed E-state index contributed by atoms with van der Waals surface area (Å²) in [6.07, 6.45) is 9.32. The molecule has 1 atom stereocenters. The van der Waals surface area contributed by atoms with Gasteiger partial charge in [-0.2, -0.15) is 0 Å². The summed E-state index contributed by atoms with van der Waals surface area (Å²) in [5, 5.41) is 7.00. The maximum absolute atomic E-state index is 6.46. The lowest BCUT2D eigenvalue weighted by Gasteiger charge is -2.14. The molecule has 0 spiro atoms. The lowest BCUT2D eigenvalue weighted by molar-refractivity contribution is 0.669. The monoisotopic (exact) mass is 577 g/mol. The van der Waals surface area contributed by atoms with Crippen LogP contribution in [-0.4, -0.2) is 15.0 Å². The molecule has 0 aliphatic heterocycles. The van der Waals surface area contributed by atoms with Crippen molar-refractivity contribution in [1.82, 2.24) is 15.0 Å². The molecule has 2 aromatic heterocycles. The van der Waals surface area contributed by atoms with Gasteiger partial charge < -0.3 is 4.42 Å². The van der Waals surface area contributed by atoms with Crippen LogP contribution in [0.3, 0.4) is 0 Å². The van der Waals surface area contributed by atoms with Gasteiger partial charge in [-0.15, -0.1) is 0 Å². The maximum atomic E-state index is 6.46. The van der Waals surface area contributed by atoms with E-state index >= 15 is 0 Å². The van der Waals surface area contributed by atoms with Crippen LogP contribution in [0.15, 0.2) is 150 Å². The predicted molar refractivity (Wildman–Crippen MR) is 184 cm³/mol. The van der Waals surface area contributed by atoms with E-state index in [-0.39, 0.29) is 5.92 Å². The van der Waals surface area contributed by atoms with E-state index in [2.05, 4.69) is 115 Å². The highest BCUT2D eigenvalue weighted by Crippen LogP contribution is 2.36. The third-order valence-electron chi connectivity index (χ3n) is 8.77. The molecule has 0 saturated heterocycles. The molecule has 1 aliphatic rings. The van der Waals surface area contributed by atoms with Crippen LogP contribution in [0.2, 0.25) is 0 Å². The fraction of sp³-hybridized carbons (Fsp3) is 0.0488. The predicted octanol–water partition coefficient (Wildman–Crippen LogP) is 10.7. The van der Waals surface area contributed by atoms with E-state index in [1.807, 2.05) is 30.3 Å². The molecule has 0 saturated carbocycles. The Morgan fingerprint density at radius 3 is 2.00 bits per heavy atom. The lowest BCUT2D eigenvalue weighted by Crippen LogP contribution is -2.07. The number of nitrogens with zero attached hydrogens (tertiary/aromatic N) is 3. The molecule has 0 amide bonds. The van der Waals surface area contributed by atoms with Crippen LogP contribution >= 0.6 is 0 Å². The van der Waals surface area contributed by atoms with Crippen molar-refractivity contribution in [2.45, 2.75) is 12.3 Å². The van der Waals surface area contributed by atoms with Gasteiger partial charge in [-0.1, -0.05) is 109 Å². The fourth-order valence-corrected chi connectivity index (χ4v) is 6.38. The lowest BCUT2D eigenvalue weighted by atomic mass is 9.98. The summed E-state index contributed by atoms with van der Waals surface area (Å²) in [4.78, 5) is 14.8. The minimum absolute atomic E-state index is 0.112. The van der Waals surface area contributed by atoms with Gasteiger partial charge >= 0.3 is 0 Å². The highest BCUT2D eigenvalue weighted by atomic mass is 16.3. The number of hydrogen-bond donors (Lipinski definition) is 0. The first-order valence-corrected chi connectivity index (χ1v) is 15.3. The van der Waals surface area contributed by atoms with Crippen LogP contribution < -0.4 is 0 Å². The van der Waals surface area contributed by atoms with Crippen molar-refractivity contribution in [1.29, 1.82) is 0 Å². The average Bonchev–Trinajstić information content (AvgIpc) is 3.47. The summed E-state index contributed by atoms with van der Waals surface area (Å²) < 4.78 is 6.46. The molecule has 2 heterocycles. The van der Waals surface area contributed by atoms with E-state index < -0.39 is 0 Å². The van der Waals surface area contributed by atoms with Crippen LogP contribution in [-0.2, 0) is 0 Å². The van der Waals surface area contributed by atoms with Gasteiger partial charge in [0.2, 0.25) is 0 Å². The number of benzene rings is 6. The van der Waals surface area contributed by atoms with Gasteiger partial charge in [0.05, 0.1) is 0 Å². The Morgan fingerprint density at radius 1 is 0.489 bits per heavy atom. The van der Waals surface area contributed by atoms with Crippen molar-refractivity contribution < 1.29 is 4.42 Å². The first-order valence-electron chi connectivity index (χ1n) is 15.3. The van der Waals surface area contributed by atoms with Gasteiger partial charge in [-0.25, -0.2) is 15.0 Å². The molecule has 8 aromatic rings. The molecule has 45 heavy (non-hydrogen) atoms. The highest BCUT2D eigenvalue weighted by molar-refractivity contribution is 6.11. The number of rotatable bonds is 4. The van der Waals surface area contributed by atoms with Crippen LogP contribution in [0.5, 0.6) is 0 Å². The minimum Gasteiger partial charge on any atom is -0.456 e. The van der Waals surface area contributed by atoms with Gasteiger partial charge in [0, 0.05) is 27.8 Å². The van der Waals surface area contributed by atoms with E-state index in [1.165, 1.54) is 27.3 Å². The van der Waals surface area contributed by atoms with E-state index in [4.69, 9.17) is 19.4 Å². The fourth-order valence-electron chi connectivity index (χ4n) is 6.38. The van der Waals surface area contributed by atoms with Crippen molar-refractivity contribution in [2.24, 2.45) is 0 Å². The molecule has 6 aromatic carbocycles. The number of hydrogen-bond acceptors (Lipinski definition) is 4. The Kier molecular flexibility index (Phi) is 5.91. The molecule has 4 heteroatoms. The number of fused-ring (bicyclic) bond motifs is 5. The van der Waals surface area contributed by atoms with Crippen LogP contribution in [0.4, 0.5) is 0 Å². The Balaban J connectivity index is 1.14. The normalized spacial score (nSPS) is 14.6. The molecule has 9 rings (SSSR count). The molecule has 1 unspecified atom stereocenters. The van der Waals surface area contributed by atoms with E-state index in [0.717, 1.165) is 50.7 Å². The second-order valence-corrected chi connectivity index (χ2v) is 11.6. The molecular formula is C41H27N3O. The van der Waals surface area contributed by atoms with Crippen molar-refractivity contribution in [2.75, 3.05) is 0 Å². The number of furan rings is 1. The first-order chi connectivity index (χ1) is 22.2. The zero-order chi connectivity index (χ0) is 29.7. The van der Waals surface area contributed by atoms with Crippen LogP contribution in [0.25, 0.3) is 77.4 Å². The third-order valence-corrected chi connectivity index (χ3v) is 8.77. The molecule has 0 radical (unpaired) electrons. The van der Waals surface area contributed by atoms with Crippen LogP contribution in [0.1, 0.15) is 18.2 Å².